The van der Waals surface area contributed by atoms with E-state index in [2.05, 4.69) is 10.6 Å². The maximum Gasteiger partial charge on any atom is 0.328 e. The van der Waals surface area contributed by atoms with Gasteiger partial charge in [0.2, 0.25) is 23.6 Å². The van der Waals surface area contributed by atoms with Crippen molar-refractivity contribution in [2.24, 2.45) is 11.8 Å². The SMILES string of the molecule is COC(=O)[C@H](CC(C)C)N1C/C=C\CCN(C(C)=O)CC(=O)N[C@@H](C(C)C)C(=O)N[C@H](Cc2ccccc2)C1=O. The van der Waals surface area contributed by atoms with Crippen LogP contribution in [-0.2, 0) is 35.1 Å². The van der Waals surface area contributed by atoms with Gasteiger partial charge in [-0.15, -0.1) is 0 Å². The first-order chi connectivity index (χ1) is 18.9. The summed E-state index contributed by atoms with van der Waals surface area (Å²) < 4.78 is 5.08. The molecule has 0 aromatic heterocycles. The largest absolute Gasteiger partial charge is 0.467 e. The molecule has 1 aromatic carbocycles. The Morgan fingerprint density at radius 1 is 1.02 bits per heavy atom. The van der Waals surface area contributed by atoms with Crippen molar-refractivity contribution in [3.8, 4) is 0 Å². The molecule has 2 N–H and O–H groups in total. The molecule has 10 heteroatoms. The van der Waals surface area contributed by atoms with Crippen LogP contribution >= 0.6 is 0 Å². The monoisotopic (exact) mass is 556 g/mol. The number of carbonyl (C=O) groups is 5. The molecule has 10 nitrogen and oxygen atoms in total. The molecule has 0 unspecified atom stereocenters. The van der Waals surface area contributed by atoms with Crippen molar-refractivity contribution in [1.29, 1.82) is 0 Å². The summed E-state index contributed by atoms with van der Waals surface area (Å²) in [5.41, 5.74) is 0.829. The highest BCUT2D eigenvalue weighted by Crippen LogP contribution is 2.17. The number of methoxy groups -OCH3 is 1. The molecule has 1 aliphatic rings. The van der Waals surface area contributed by atoms with Gasteiger partial charge in [-0.1, -0.05) is 70.2 Å². The van der Waals surface area contributed by atoms with Gasteiger partial charge >= 0.3 is 5.97 Å². The highest BCUT2D eigenvalue weighted by Gasteiger charge is 2.36. The van der Waals surface area contributed by atoms with Crippen molar-refractivity contribution < 1.29 is 28.7 Å². The normalized spacial score (nSPS) is 21.2. The molecule has 0 saturated heterocycles. The summed E-state index contributed by atoms with van der Waals surface area (Å²) in [5.74, 6) is -2.40. The number of rotatable bonds is 7. The minimum Gasteiger partial charge on any atom is -0.467 e. The maximum absolute atomic E-state index is 14.2. The number of carbonyl (C=O) groups excluding carboxylic acids is 5. The second-order valence-electron chi connectivity index (χ2n) is 10.9. The van der Waals surface area contributed by atoms with Crippen LogP contribution in [0.4, 0.5) is 0 Å². The first-order valence-electron chi connectivity index (χ1n) is 13.9. The number of ether oxygens (including phenoxy) is 1. The number of hydrogen-bond acceptors (Lipinski definition) is 6. The van der Waals surface area contributed by atoms with Crippen LogP contribution in [0.3, 0.4) is 0 Å². The second kappa shape index (κ2) is 15.8. The summed E-state index contributed by atoms with van der Waals surface area (Å²) in [6.45, 7) is 9.10. The van der Waals surface area contributed by atoms with Gasteiger partial charge in [-0.05, 0) is 30.2 Å². The van der Waals surface area contributed by atoms with E-state index in [1.807, 2.05) is 50.3 Å². The van der Waals surface area contributed by atoms with Crippen molar-refractivity contribution in [2.75, 3.05) is 26.7 Å². The third-order valence-corrected chi connectivity index (χ3v) is 6.80. The lowest BCUT2D eigenvalue weighted by molar-refractivity contribution is -0.154. The summed E-state index contributed by atoms with van der Waals surface area (Å²) in [7, 11) is 1.29. The minimum atomic E-state index is -1.00. The average molecular weight is 557 g/mol. The van der Waals surface area contributed by atoms with Gasteiger partial charge in [0, 0.05) is 26.4 Å². The molecule has 0 radical (unpaired) electrons. The van der Waals surface area contributed by atoms with Crippen molar-refractivity contribution in [2.45, 2.75) is 72.0 Å². The van der Waals surface area contributed by atoms with Crippen LogP contribution in [0, 0.1) is 11.8 Å². The number of nitrogens with zero attached hydrogens (tertiary/aromatic N) is 2. The summed E-state index contributed by atoms with van der Waals surface area (Å²) in [6.07, 6.45) is 4.60. The fourth-order valence-electron chi connectivity index (χ4n) is 4.63. The lowest BCUT2D eigenvalue weighted by Gasteiger charge is -2.34. The highest BCUT2D eigenvalue weighted by molar-refractivity contribution is 5.94. The molecule has 2 rings (SSSR count). The van der Waals surface area contributed by atoms with E-state index in [9.17, 15) is 24.0 Å². The van der Waals surface area contributed by atoms with E-state index in [0.717, 1.165) is 5.56 Å². The Labute approximate surface area is 237 Å². The van der Waals surface area contributed by atoms with Crippen LogP contribution in [-0.4, -0.2) is 84.3 Å². The van der Waals surface area contributed by atoms with E-state index in [0.29, 0.717) is 12.8 Å². The molecule has 0 bridgehead atoms. The van der Waals surface area contributed by atoms with Crippen LogP contribution in [0.15, 0.2) is 42.5 Å². The summed E-state index contributed by atoms with van der Waals surface area (Å²) in [4.78, 5) is 68.6. The number of amides is 4. The van der Waals surface area contributed by atoms with Gasteiger partial charge in [-0.3, -0.25) is 19.2 Å². The second-order valence-corrected chi connectivity index (χ2v) is 10.9. The predicted octanol–water partition coefficient (Wildman–Crippen LogP) is 2.08. The van der Waals surface area contributed by atoms with E-state index in [-0.39, 0.29) is 43.8 Å². The molecule has 1 aromatic rings. The zero-order valence-corrected chi connectivity index (χ0v) is 24.5. The quantitative estimate of drug-likeness (QED) is 0.391. The molecule has 0 aliphatic carbocycles. The summed E-state index contributed by atoms with van der Waals surface area (Å²) in [6, 6.07) is 6.50. The minimum absolute atomic E-state index is 0.0873. The predicted molar refractivity (Wildman–Crippen MR) is 152 cm³/mol. The molecule has 220 valence electrons. The Kier molecular flexibility index (Phi) is 12.8. The first-order valence-corrected chi connectivity index (χ1v) is 13.9. The van der Waals surface area contributed by atoms with Crippen LogP contribution < -0.4 is 10.6 Å². The third kappa shape index (κ3) is 9.81. The maximum atomic E-state index is 14.2. The number of nitrogens with one attached hydrogen (secondary N) is 2. The Morgan fingerprint density at radius 2 is 1.70 bits per heavy atom. The van der Waals surface area contributed by atoms with Crippen LogP contribution in [0.1, 0.15) is 53.0 Å². The van der Waals surface area contributed by atoms with Crippen LogP contribution in [0.5, 0.6) is 0 Å². The highest BCUT2D eigenvalue weighted by atomic mass is 16.5. The third-order valence-electron chi connectivity index (χ3n) is 6.80. The van der Waals surface area contributed by atoms with Gasteiger partial charge < -0.3 is 25.2 Å². The van der Waals surface area contributed by atoms with E-state index < -0.39 is 41.8 Å². The van der Waals surface area contributed by atoms with E-state index in [1.165, 1.54) is 23.8 Å². The standard InChI is InChI=1S/C30H44N4O6/c1-20(2)17-25(30(39)40-6)34-16-12-8-11-15-33(22(5)35)19-26(36)32-27(21(3)4)28(37)31-24(29(34)38)18-23-13-9-7-10-14-23/h7-10,12-14,20-21,24-25,27H,11,15-19H2,1-6H3,(H,31,37)(H,32,36)/b12-8-/t24-,25+,27+/m1/s1. The smallest absolute Gasteiger partial charge is 0.328 e. The Bertz CT molecular complexity index is 1060. The van der Waals surface area contributed by atoms with Gasteiger partial charge in [-0.2, -0.15) is 0 Å². The molecule has 0 fully saturated rings. The Morgan fingerprint density at radius 3 is 2.27 bits per heavy atom. The molecular weight excluding hydrogens is 512 g/mol. The topological polar surface area (TPSA) is 125 Å². The van der Waals surface area contributed by atoms with Gasteiger partial charge in [0.05, 0.1) is 13.7 Å². The molecular formula is C30H44N4O6. The molecule has 0 saturated carbocycles. The molecule has 1 aliphatic heterocycles. The Balaban J connectivity index is 2.57. The van der Waals surface area contributed by atoms with Crippen LogP contribution in [0.25, 0.3) is 0 Å². The van der Waals surface area contributed by atoms with Gasteiger partial charge in [-0.25, -0.2) is 4.79 Å². The number of esters is 1. The van der Waals surface area contributed by atoms with Crippen molar-refractivity contribution >= 4 is 29.6 Å². The van der Waals surface area contributed by atoms with E-state index in [4.69, 9.17) is 4.74 Å². The zero-order chi connectivity index (χ0) is 29.8. The van der Waals surface area contributed by atoms with Crippen LogP contribution in [0.2, 0.25) is 0 Å². The first kappa shape index (κ1) is 32.5. The number of hydrogen-bond donors (Lipinski definition) is 2. The summed E-state index contributed by atoms with van der Waals surface area (Å²) in [5, 5.41) is 5.61. The fourth-order valence-corrected chi connectivity index (χ4v) is 4.63. The van der Waals surface area contributed by atoms with Crippen molar-refractivity contribution in [3.05, 3.63) is 48.0 Å². The van der Waals surface area contributed by atoms with E-state index in [1.54, 1.807) is 19.9 Å². The lowest BCUT2D eigenvalue weighted by atomic mass is 9.98. The lowest BCUT2D eigenvalue weighted by Crippen LogP contribution is -2.59. The molecule has 4 amide bonds. The average Bonchev–Trinajstić information content (AvgIpc) is 2.90. The van der Waals surface area contributed by atoms with Gasteiger partial charge in [0.1, 0.15) is 18.1 Å². The molecule has 0 spiro atoms. The molecule has 3 atom stereocenters. The van der Waals surface area contributed by atoms with Gasteiger partial charge in [0.15, 0.2) is 0 Å². The number of benzene rings is 1. The Hall–Kier alpha value is -3.69. The molecule has 40 heavy (non-hydrogen) atoms. The van der Waals surface area contributed by atoms with Gasteiger partial charge in [0.25, 0.3) is 0 Å². The fraction of sp³-hybridized carbons (Fsp3) is 0.567. The zero-order valence-electron chi connectivity index (χ0n) is 24.5. The molecule has 1 heterocycles. The van der Waals surface area contributed by atoms with Crippen molar-refractivity contribution in [1.82, 2.24) is 20.4 Å². The van der Waals surface area contributed by atoms with Crippen molar-refractivity contribution in [3.63, 3.8) is 0 Å². The van der Waals surface area contributed by atoms with E-state index >= 15 is 0 Å². The summed E-state index contributed by atoms with van der Waals surface area (Å²) >= 11 is 0.